The Morgan fingerprint density at radius 2 is 2.47 bits per heavy atom. The minimum absolute atomic E-state index is 0.0321. The summed E-state index contributed by atoms with van der Waals surface area (Å²) in [6, 6.07) is 0. The van der Waals surface area contributed by atoms with Gasteiger partial charge in [0, 0.05) is 19.7 Å². The van der Waals surface area contributed by atoms with Gasteiger partial charge in [0.05, 0.1) is 6.61 Å². The van der Waals surface area contributed by atoms with Gasteiger partial charge >= 0.3 is 0 Å². The number of amides is 1. The van der Waals surface area contributed by atoms with Crippen LogP contribution < -0.4 is 0 Å². The summed E-state index contributed by atoms with van der Waals surface area (Å²) in [5, 5.41) is 8.87. The van der Waals surface area contributed by atoms with Gasteiger partial charge in [-0.15, -0.1) is 6.58 Å². The normalized spacial score (nSPS) is 25.2. The molecule has 1 heterocycles. The number of ether oxygens (including phenoxy) is 1. The van der Waals surface area contributed by atoms with Crippen molar-refractivity contribution in [3.05, 3.63) is 12.7 Å². The molecule has 1 rings (SSSR count). The van der Waals surface area contributed by atoms with Crippen LogP contribution >= 0.6 is 0 Å². The minimum Gasteiger partial charge on any atom is -0.395 e. The zero-order valence-electron chi connectivity index (χ0n) is 9.24. The van der Waals surface area contributed by atoms with Crippen molar-refractivity contribution in [2.45, 2.75) is 25.4 Å². The zero-order chi connectivity index (χ0) is 11.3. The summed E-state index contributed by atoms with van der Waals surface area (Å²) >= 11 is 0. The van der Waals surface area contributed by atoms with E-state index in [4.69, 9.17) is 9.84 Å². The molecule has 1 unspecified atom stereocenters. The Morgan fingerprint density at radius 1 is 1.73 bits per heavy atom. The predicted molar refractivity (Wildman–Crippen MR) is 57.5 cm³/mol. The number of carbonyl (C=O) groups is 1. The fourth-order valence-corrected chi connectivity index (χ4v) is 1.83. The van der Waals surface area contributed by atoms with Crippen molar-refractivity contribution >= 4 is 5.91 Å². The van der Waals surface area contributed by atoms with Crippen LogP contribution in [-0.2, 0) is 9.53 Å². The highest BCUT2D eigenvalue weighted by Crippen LogP contribution is 2.27. The molecule has 86 valence electrons. The fourth-order valence-electron chi connectivity index (χ4n) is 1.83. The Kier molecular flexibility index (Phi) is 4.29. The number of carbonyl (C=O) groups excluding carboxylic acids is 1. The molecule has 0 aromatic rings. The van der Waals surface area contributed by atoms with Gasteiger partial charge in [0.25, 0.3) is 5.91 Å². The molecule has 4 nitrogen and oxygen atoms in total. The molecule has 1 aliphatic heterocycles. The van der Waals surface area contributed by atoms with Crippen molar-refractivity contribution in [2.75, 3.05) is 26.3 Å². The molecule has 0 aromatic heterocycles. The van der Waals surface area contributed by atoms with E-state index in [0.29, 0.717) is 19.7 Å². The van der Waals surface area contributed by atoms with Crippen molar-refractivity contribution in [1.29, 1.82) is 0 Å². The SMILES string of the molecule is C=CCN(CCO)C(=O)C1(C)CCCO1. The smallest absolute Gasteiger partial charge is 0.254 e. The minimum atomic E-state index is -0.696. The first-order valence-corrected chi connectivity index (χ1v) is 5.29. The summed E-state index contributed by atoms with van der Waals surface area (Å²) in [4.78, 5) is 13.7. The molecule has 0 bridgehead atoms. The van der Waals surface area contributed by atoms with E-state index in [0.717, 1.165) is 12.8 Å². The second-order valence-corrected chi connectivity index (χ2v) is 3.95. The van der Waals surface area contributed by atoms with Crippen molar-refractivity contribution in [3.8, 4) is 0 Å². The lowest BCUT2D eigenvalue weighted by atomic mass is 10.0. The molecule has 0 aromatic carbocycles. The summed E-state index contributed by atoms with van der Waals surface area (Å²) in [6.45, 7) is 6.82. The zero-order valence-corrected chi connectivity index (χ0v) is 9.24. The van der Waals surface area contributed by atoms with Gasteiger partial charge in [0.1, 0.15) is 5.60 Å². The van der Waals surface area contributed by atoms with E-state index >= 15 is 0 Å². The van der Waals surface area contributed by atoms with Crippen LogP contribution in [0.5, 0.6) is 0 Å². The summed E-state index contributed by atoms with van der Waals surface area (Å²) < 4.78 is 5.47. The van der Waals surface area contributed by atoms with Gasteiger partial charge in [0.15, 0.2) is 0 Å². The summed E-state index contributed by atoms with van der Waals surface area (Å²) in [5.41, 5.74) is -0.696. The predicted octanol–water partition coefficient (Wildman–Crippen LogP) is 0.562. The first-order chi connectivity index (χ1) is 7.14. The van der Waals surface area contributed by atoms with E-state index < -0.39 is 5.60 Å². The van der Waals surface area contributed by atoms with Crippen molar-refractivity contribution < 1.29 is 14.6 Å². The van der Waals surface area contributed by atoms with Crippen LogP contribution in [-0.4, -0.2) is 47.8 Å². The third kappa shape index (κ3) is 2.79. The van der Waals surface area contributed by atoms with Crippen LogP contribution in [0.4, 0.5) is 0 Å². The summed E-state index contributed by atoms with van der Waals surface area (Å²) in [7, 11) is 0. The van der Waals surface area contributed by atoms with E-state index in [9.17, 15) is 4.79 Å². The second kappa shape index (κ2) is 5.28. The molecule has 1 N–H and O–H groups in total. The average molecular weight is 213 g/mol. The Balaban J connectivity index is 2.65. The van der Waals surface area contributed by atoms with E-state index in [-0.39, 0.29) is 12.5 Å². The van der Waals surface area contributed by atoms with Crippen LogP contribution in [0.3, 0.4) is 0 Å². The number of aliphatic hydroxyl groups is 1. The third-order valence-electron chi connectivity index (χ3n) is 2.68. The molecule has 0 spiro atoms. The number of rotatable bonds is 5. The van der Waals surface area contributed by atoms with Gasteiger partial charge in [0.2, 0.25) is 0 Å². The molecular weight excluding hydrogens is 194 g/mol. The number of aliphatic hydroxyl groups excluding tert-OH is 1. The molecule has 1 saturated heterocycles. The van der Waals surface area contributed by atoms with Crippen molar-refractivity contribution in [1.82, 2.24) is 4.90 Å². The maximum absolute atomic E-state index is 12.1. The molecule has 0 radical (unpaired) electrons. The Morgan fingerprint density at radius 3 is 2.93 bits per heavy atom. The lowest BCUT2D eigenvalue weighted by Gasteiger charge is -2.29. The van der Waals surface area contributed by atoms with E-state index in [1.807, 2.05) is 6.92 Å². The van der Waals surface area contributed by atoms with Gasteiger partial charge in [-0.05, 0) is 19.8 Å². The van der Waals surface area contributed by atoms with Crippen LogP contribution in [0, 0.1) is 0 Å². The van der Waals surface area contributed by atoms with Gasteiger partial charge in [-0.3, -0.25) is 4.79 Å². The van der Waals surface area contributed by atoms with E-state index in [1.54, 1.807) is 11.0 Å². The summed E-state index contributed by atoms with van der Waals surface area (Å²) in [6.07, 6.45) is 3.33. The number of hydrogen-bond acceptors (Lipinski definition) is 3. The van der Waals surface area contributed by atoms with Gasteiger partial charge in [-0.1, -0.05) is 6.08 Å². The van der Waals surface area contributed by atoms with Crippen molar-refractivity contribution in [3.63, 3.8) is 0 Å². The van der Waals surface area contributed by atoms with Crippen LogP contribution in [0.2, 0.25) is 0 Å². The molecule has 4 heteroatoms. The maximum atomic E-state index is 12.1. The summed E-state index contributed by atoms with van der Waals surface area (Å²) in [5.74, 6) is -0.0473. The molecule has 1 amide bonds. The number of hydrogen-bond donors (Lipinski definition) is 1. The van der Waals surface area contributed by atoms with Gasteiger partial charge < -0.3 is 14.7 Å². The molecule has 1 aliphatic rings. The molecular formula is C11H19NO3. The highest BCUT2D eigenvalue weighted by Gasteiger charge is 2.40. The first kappa shape index (κ1) is 12.2. The Labute approximate surface area is 90.5 Å². The quantitative estimate of drug-likeness (QED) is 0.679. The highest BCUT2D eigenvalue weighted by molar-refractivity contribution is 5.85. The molecule has 15 heavy (non-hydrogen) atoms. The van der Waals surface area contributed by atoms with Crippen molar-refractivity contribution in [2.24, 2.45) is 0 Å². The Bertz CT molecular complexity index is 234. The largest absolute Gasteiger partial charge is 0.395 e. The van der Waals surface area contributed by atoms with Gasteiger partial charge in [-0.2, -0.15) is 0 Å². The van der Waals surface area contributed by atoms with E-state index in [2.05, 4.69) is 6.58 Å². The Hall–Kier alpha value is -0.870. The van der Waals surface area contributed by atoms with E-state index in [1.165, 1.54) is 0 Å². The fraction of sp³-hybridized carbons (Fsp3) is 0.727. The van der Waals surface area contributed by atoms with Crippen LogP contribution in [0.1, 0.15) is 19.8 Å². The van der Waals surface area contributed by atoms with Crippen LogP contribution in [0.25, 0.3) is 0 Å². The monoisotopic (exact) mass is 213 g/mol. The molecule has 0 saturated carbocycles. The van der Waals surface area contributed by atoms with Gasteiger partial charge in [-0.25, -0.2) is 0 Å². The van der Waals surface area contributed by atoms with Crippen LogP contribution in [0.15, 0.2) is 12.7 Å². The first-order valence-electron chi connectivity index (χ1n) is 5.29. The number of nitrogens with zero attached hydrogens (tertiary/aromatic N) is 1. The molecule has 0 aliphatic carbocycles. The lowest BCUT2D eigenvalue weighted by Crippen LogP contribution is -2.47. The standard InChI is InChI=1S/C11H19NO3/c1-3-6-12(7-8-13)10(14)11(2)5-4-9-15-11/h3,13H,1,4-9H2,2H3. The maximum Gasteiger partial charge on any atom is 0.254 e. The second-order valence-electron chi connectivity index (χ2n) is 3.95. The highest BCUT2D eigenvalue weighted by atomic mass is 16.5. The topological polar surface area (TPSA) is 49.8 Å². The molecule has 1 fully saturated rings. The third-order valence-corrected chi connectivity index (χ3v) is 2.68. The lowest BCUT2D eigenvalue weighted by molar-refractivity contribution is -0.150. The average Bonchev–Trinajstić information content (AvgIpc) is 2.65. The molecule has 1 atom stereocenters.